The highest BCUT2D eigenvalue weighted by Crippen LogP contribution is 2.23. The molecule has 1 atom stereocenters. The molecule has 2 nitrogen and oxygen atoms in total. The van der Waals surface area contributed by atoms with Crippen molar-refractivity contribution < 1.29 is 4.74 Å². The molecule has 1 heterocycles. The van der Waals surface area contributed by atoms with Gasteiger partial charge in [0.2, 0.25) is 0 Å². The summed E-state index contributed by atoms with van der Waals surface area (Å²) < 4.78 is 6.95. The minimum absolute atomic E-state index is 0.329. The van der Waals surface area contributed by atoms with Crippen LogP contribution in [0.1, 0.15) is 4.88 Å². The van der Waals surface area contributed by atoms with Crippen molar-refractivity contribution >= 4 is 27.3 Å². The molecular weight excluding hydrogens is 310 g/mol. The molecule has 0 radical (unpaired) electrons. The molecule has 0 amide bonds. The van der Waals surface area contributed by atoms with Crippen LogP contribution >= 0.6 is 27.3 Å². The maximum absolute atomic E-state index is 5.77. The molecule has 0 fully saturated rings. The van der Waals surface area contributed by atoms with Gasteiger partial charge in [0, 0.05) is 17.3 Å². The van der Waals surface area contributed by atoms with Gasteiger partial charge in [-0.25, -0.2) is 0 Å². The van der Waals surface area contributed by atoms with Crippen molar-refractivity contribution in [3.63, 3.8) is 0 Å². The Morgan fingerprint density at radius 2 is 2.00 bits per heavy atom. The molecule has 2 aromatic rings. The van der Waals surface area contributed by atoms with Gasteiger partial charge in [0.15, 0.2) is 0 Å². The summed E-state index contributed by atoms with van der Waals surface area (Å²) in [4.78, 5) is 1.36. The fourth-order valence-electron chi connectivity index (χ4n) is 1.66. The van der Waals surface area contributed by atoms with Crippen LogP contribution in [-0.4, -0.2) is 19.7 Å². The van der Waals surface area contributed by atoms with Gasteiger partial charge in [0.25, 0.3) is 0 Å². The number of likely N-dealkylation sites (N-methyl/N-ethyl adjacent to an activating group) is 1. The van der Waals surface area contributed by atoms with Gasteiger partial charge in [-0.2, -0.15) is 0 Å². The predicted octanol–water partition coefficient (Wildman–Crippen LogP) is 3.72. The van der Waals surface area contributed by atoms with E-state index in [4.69, 9.17) is 4.74 Å². The van der Waals surface area contributed by atoms with E-state index in [1.807, 2.05) is 37.4 Å². The highest BCUT2D eigenvalue weighted by Gasteiger charge is 2.09. The van der Waals surface area contributed by atoms with Crippen molar-refractivity contribution in [3.8, 4) is 5.75 Å². The number of halogens is 1. The first-order valence-electron chi connectivity index (χ1n) is 5.87. The Morgan fingerprint density at radius 3 is 2.61 bits per heavy atom. The predicted molar refractivity (Wildman–Crippen MR) is 80.5 cm³/mol. The molecule has 1 unspecified atom stereocenters. The van der Waals surface area contributed by atoms with Crippen LogP contribution in [0, 0.1) is 0 Å². The normalized spacial score (nSPS) is 12.3. The lowest BCUT2D eigenvalue weighted by atomic mass is 10.2. The molecule has 0 aliphatic carbocycles. The Bertz CT molecular complexity index is 472. The standard InChI is InChI=1S/C14H16BrNOS/c1-16-11(9-13-7-8-14(15)18-13)10-17-12-5-3-2-4-6-12/h2-8,11,16H,9-10H2,1H3. The Labute approximate surface area is 120 Å². The zero-order valence-corrected chi connectivity index (χ0v) is 12.6. The first kappa shape index (κ1) is 13.6. The Kier molecular flexibility index (Phi) is 5.23. The molecule has 1 aromatic carbocycles. The van der Waals surface area contributed by atoms with E-state index in [0.29, 0.717) is 12.6 Å². The number of ether oxygens (including phenoxy) is 1. The molecule has 1 N–H and O–H groups in total. The van der Waals surface area contributed by atoms with Gasteiger partial charge < -0.3 is 10.1 Å². The van der Waals surface area contributed by atoms with Gasteiger partial charge in [0.1, 0.15) is 12.4 Å². The van der Waals surface area contributed by atoms with Crippen LogP contribution in [0.15, 0.2) is 46.3 Å². The minimum Gasteiger partial charge on any atom is -0.492 e. The summed E-state index contributed by atoms with van der Waals surface area (Å²) in [6, 6.07) is 14.5. The minimum atomic E-state index is 0.329. The molecule has 96 valence electrons. The molecule has 2 rings (SSSR count). The number of benzene rings is 1. The number of hydrogen-bond donors (Lipinski definition) is 1. The highest BCUT2D eigenvalue weighted by atomic mass is 79.9. The zero-order chi connectivity index (χ0) is 12.8. The molecule has 0 spiro atoms. The van der Waals surface area contributed by atoms with Crippen LogP contribution in [0.3, 0.4) is 0 Å². The first-order valence-corrected chi connectivity index (χ1v) is 7.48. The van der Waals surface area contributed by atoms with Gasteiger partial charge in [-0.05, 0) is 47.2 Å². The maximum Gasteiger partial charge on any atom is 0.119 e. The summed E-state index contributed by atoms with van der Waals surface area (Å²) in [6.07, 6.45) is 0.986. The topological polar surface area (TPSA) is 21.3 Å². The second-order valence-corrected chi connectivity index (χ2v) is 6.57. The summed E-state index contributed by atoms with van der Waals surface area (Å²) >= 11 is 5.26. The largest absolute Gasteiger partial charge is 0.492 e. The molecule has 0 saturated carbocycles. The fourth-order valence-corrected chi connectivity index (χ4v) is 3.23. The summed E-state index contributed by atoms with van der Waals surface area (Å²) in [7, 11) is 1.97. The second kappa shape index (κ2) is 6.92. The number of hydrogen-bond acceptors (Lipinski definition) is 3. The van der Waals surface area contributed by atoms with E-state index < -0.39 is 0 Å². The van der Waals surface area contributed by atoms with Crippen LogP contribution in [0.25, 0.3) is 0 Å². The van der Waals surface area contributed by atoms with Gasteiger partial charge in [-0.1, -0.05) is 18.2 Å². The molecule has 0 bridgehead atoms. The van der Waals surface area contributed by atoms with E-state index in [9.17, 15) is 0 Å². The van der Waals surface area contributed by atoms with E-state index in [1.165, 1.54) is 8.66 Å². The van der Waals surface area contributed by atoms with Crippen LogP contribution in [0.4, 0.5) is 0 Å². The van der Waals surface area contributed by atoms with E-state index in [1.54, 1.807) is 11.3 Å². The third-order valence-corrected chi connectivity index (χ3v) is 4.33. The van der Waals surface area contributed by atoms with Crippen LogP contribution < -0.4 is 10.1 Å². The Morgan fingerprint density at radius 1 is 1.22 bits per heavy atom. The molecule has 18 heavy (non-hydrogen) atoms. The van der Waals surface area contributed by atoms with Crippen LogP contribution in [-0.2, 0) is 6.42 Å². The first-order chi connectivity index (χ1) is 8.78. The monoisotopic (exact) mass is 325 g/mol. The van der Waals surface area contributed by atoms with Crippen molar-refractivity contribution in [3.05, 3.63) is 51.1 Å². The average Bonchev–Trinajstić information content (AvgIpc) is 2.81. The third-order valence-electron chi connectivity index (χ3n) is 2.68. The maximum atomic E-state index is 5.77. The van der Waals surface area contributed by atoms with Crippen molar-refractivity contribution in [1.82, 2.24) is 5.32 Å². The van der Waals surface area contributed by atoms with E-state index in [-0.39, 0.29) is 0 Å². The molecule has 4 heteroatoms. The third kappa shape index (κ3) is 4.12. The van der Waals surface area contributed by atoms with Crippen molar-refractivity contribution in [2.75, 3.05) is 13.7 Å². The summed E-state index contributed by atoms with van der Waals surface area (Å²) in [6.45, 7) is 0.677. The average molecular weight is 326 g/mol. The quantitative estimate of drug-likeness (QED) is 0.874. The molecule has 0 aliphatic heterocycles. The van der Waals surface area contributed by atoms with Crippen LogP contribution in [0.2, 0.25) is 0 Å². The fraction of sp³-hybridized carbons (Fsp3) is 0.286. The number of nitrogens with one attached hydrogen (secondary N) is 1. The van der Waals surface area contributed by atoms with Gasteiger partial charge in [0.05, 0.1) is 3.79 Å². The van der Waals surface area contributed by atoms with Gasteiger partial charge in [-0.15, -0.1) is 11.3 Å². The highest BCUT2D eigenvalue weighted by molar-refractivity contribution is 9.11. The lowest BCUT2D eigenvalue weighted by Gasteiger charge is -2.16. The van der Waals surface area contributed by atoms with E-state index in [2.05, 4.69) is 33.4 Å². The number of rotatable bonds is 6. The summed E-state index contributed by atoms with van der Waals surface area (Å²) in [5.41, 5.74) is 0. The number of thiophene rings is 1. The van der Waals surface area contributed by atoms with Crippen molar-refractivity contribution in [2.24, 2.45) is 0 Å². The summed E-state index contributed by atoms with van der Waals surface area (Å²) in [5, 5.41) is 3.30. The second-order valence-electron chi connectivity index (χ2n) is 4.02. The van der Waals surface area contributed by atoms with E-state index >= 15 is 0 Å². The van der Waals surface area contributed by atoms with Crippen LogP contribution in [0.5, 0.6) is 5.75 Å². The lowest BCUT2D eigenvalue weighted by molar-refractivity contribution is 0.270. The smallest absolute Gasteiger partial charge is 0.119 e. The molecule has 0 saturated heterocycles. The van der Waals surface area contributed by atoms with Crippen molar-refractivity contribution in [2.45, 2.75) is 12.5 Å². The molecular formula is C14H16BrNOS. The Balaban J connectivity index is 1.86. The lowest BCUT2D eigenvalue weighted by Crippen LogP contribution is -2.33. The number of para-hydroxylation sites is 1. The van der Waals surface area contributed by atoms with Gasteiger partial charge in [-0.3, -0.25) is 0 Å². The SMILES string of the molecule is CNC(COc1ccccc1)Cc1ccc(Br)s1. The van der Waals surface area contributed by atoms with E-state index in [0.717, 1.165) is 12.2 Å². The molecule has 1 aromatic heterocycles. The van der Waals surface area contributed by atoms with Gasteiger partial charge >= 0.3 is 0 Å². The zero-order valence-electron chi connectivity index (χ0n) is 10.2. The van der Waals surface area contributed by atoms with Crippen molar-refractivity contribution in [1.29, 1.82) is 0 Å². The molecule has 0 aliphatic rings. The summed E-state index contributed by atoms with van der Waals surface area (Å²) in [5.74, 6) is 0.921. The Hall–Kier alpha value is -0.840.